The molecule has 0 aliphatic carbocycles. The SMILES string of the molecule is Cc1cc(C(F)(F)F)nc(CCNC(=O)CCc2cccnc2)n1. The van der Waals surface area contributed by atoms with Crippen LogP contribution in [0, 0.1) is 6.92 Å². The zero-order valence-electron chi connectivity index (χ0n) is 13.1. The Bertz CT molecular complexity index is 689. The predicted molar refractivity (Wildman–Crippen MR) is 81.0 cm³/mol. The number of rotatable bonds is 6. The minimum absolute atomic E-state index is 0.0647. The highest BCUT2D eigenvalue weighted by Gasteiger charge is 2.33. The van der Waals surface area contributed by atoms with Crippen LogP contribution < -0.4 is 5.32 Å². The van der Waals surface area contributed by atoms with Gasteiger partial charge in [0.25, 0.3) is 0 Å². The van der Waals surface area contributed by atoms with Gasteiger partial charge in [-0.05, 0) is 31.0 Å². The molecule has 1 amide bonds. The quantitative estimate of drug-likeness (QED) is 0.879. The van der Waals surface area contributed by atoms with Gasteiger partial charge in [-0.25, -0.2) is 9.97 Å². The first kappa shape index (κ1) is 17.8. The van der Waals surface area contributed by atoms with Crippen LogP contribution in [0.25, 0.3) is 0 Å². The monoisotopic (exact) mass is 338 g/mol. The lowest BCUT2D eigenvalue weighted by Gasteiger charge is -2.09. The highest BCUT2D eigenvalue weighted by molar-refractivity contribution is 5.76. The summed E-state index contributed by atoms with van der Waals surface area (Å²) >= 11 is 0. The first-order valence-electron chi connectivity index (χ1n) is 7.42. The molecule has 24 heavy (non-hydrogen) atoms. The third kappa shape index (κ3) is 5.60. The van der Waals surface area contributed by atoms with Crippen molar-refractivity contribution in [3.05, 3.63) is 53.4 Å². The van der Waals surface area contributed by atoms with Crippen molar-refractivity contribution in [1.29, 1.82) is 0 Å². The van der Waals surface area contributed by atoms with Crippen LogP contribution >= 0.6 is 0 Å². The van der Waals surface area contributed by atoms with E-state index in [1.54, 1.807) is 18.5 Å². The summed E-state index contributed by atoms with van der Waals surface area (Å²) in [5.41, 5.74) is 0.229. The van der Waals surface area contributed by atoms with Gasteiger partial charge in [-0.3, -0.25) is 9.78 Å². The summed E-state index contributed by atoms with van der Waals surface area (Å²) in [7, 11) is 0. The standard InChI is InChI=1S/C16H17F3N4O/c1-11-9-13(16(17,18)19)23-14(22-11)6-8-21-15(24)5-4-12-3-2-7-20-10-12/h2-3,7,9-10H,4-6,8H2,1H3,(H,21,24). The summed E-state index contributed by atoms with van der Waals surface area (Å²) in [6, 6.07) is 4.57. The molecule has 2 heterocycles. The molecule has 0 fully saturated rings. The van der Waals surface area contributed by atoms with Crippen LogP contribution in [0.2, 0.25) is 0 Å². The first-order valence-corrected chi connectivity index (χ1v) is 7.42. The van der Waals surface area contributed by atoms with Crippen molar-refractivity contribution in [2.45, 2.75) is 32.4 Å². The molecule has 0 spiro atoms. The molecule has 0 unspecified atom stereocenters. The lowest BCUT2D eigenvalue weighted by atomic mass is 10.1. The van der Waals surface area contributed by atoms with Gasteiger partial charge in [0.2, 0.25) is 5.91 Å². The van der Waals surface area contributed by atoms with Crippen LogP contribution in [-0.4, -0.2) is 27.4 Å². The van der Waals surface area contributed by atoms with Gasteiger partial charge < -0.3 is 5.32 Å². The van der Waals surface area contributed by atoms with E-state index in [2.05, 4.69) is 20.3 Å². The molecule has 128 valence electrons. The number of aryl methyl sites for hydroxylation is 2. The Balaban J connectivity index is 1.81. The van der Waals surface area contributed by atoms with Crippen molar-refractivity contribution >= 4 is 5.91 Å². The number of alkyl halides is 3. The molecule has 2 aromatic heterocycles. The average Bonchev–Trinajstić information content (AvgIpc) is 2.52. The van der Waals surface area contributed by atoms with Crippen LogP contribution in [0.4, 0.5) is 13.2 Å². The fourth-order valence-electron chi connectivity index (χ4n) is 2.09. The largest absolute Gasteiger partial charge is 0.433 e. The van der Waals surface area contributed by atoms with Crippen LogP contribution in [0.15, 0.2) is 30.6 Å². The highest BCUT2D eigenvalue weighted by Crippen LogP contribution is 2.27. The van der Waals surface area contributed by atoms with Crippen molar-refractivity contribution in [3.63, 3.8) is 0 Å². The van der Waals surface area contributed by atoms with E-state index in [4.69, 9.17) is 0 Å². The van der Waals surface area contributed by atoms with E-state index in [-0.39, 0.29) is 36.8 Å². The van der Waals surface area contributed by atoms with E-state index in [0.717, 1.165) is 11.6 Å². The molecule has 0 aromatic carbocycles. The van der Waals surface area contributed by atoms with Gasteiger partial charge in [-0.15, -0.1) is 0 Å². The summed E-state index contributed by atoms with van der Waals surface area (Å²) in [6.45, 7) is 1.67. The number of hydrogen-bond donors (Lipinski definition) is 1. The average molecular weight is 338 g/mol. The number of amides is 1. The van der Waals surface area contributed by atoms with E-state index >= 15 is 0 Å². The van der Waals surface area contributed by atoms with Crippen molar-refractivity contribution in [3.8, 4) is 0 Å². The van der Waals surface area contributed by atoms with Gasteiger partial charge in [0.05, 0.1) is 0 Å². The van der Waals surface area contributed by atoms with Gasteiger partial charge in [0.1, 0.15) is 11.5 Å². The molecule has 1 N–H and O–H groups in total. The van der Waals surface area contributed by atoms with E-state index in [1.165, 1.54) is 6.92 Å². The molecule has 0 aliphatic heterocycles. The number of nitrogens with one attached hydrogen (secondary N) is 1. The maximum atomic E-state index is 12.7. The van der Waals surface area contributed by atoms with E-state index < -0.39 is 11.9 Å². The number of hydrogen-bond acceptors (Lipinski definition) is 4. The normalized spacial score (nSPS) is 11.3. The summed E-state index contributed by atoms with van der Waals surface area (Å²) in [6.07, 6.45) is -0.182. The predicted octanol–water partition coefficient (Wildman–Crippen LogP) is 2.49. The Kier molecular flexibility index (Phi) is 5.83. The molecule has 2 rings (SSSR count). The van der Waals surface area contributed by atoms with Crippen molar-refractivity contribution in [2.24, 2.45) is 0 Å². The fourth-order valence-corrected chi connectivity index (χ4v) is 2.09. The number of carbonyl (C=O) groups is 1. The molecule has 0 saturated carbocycles. The Labute approximate surface area is 137 Å². The molecule has 0 saturated heterocycles. The maximum absolute atomic E-state index is 12.7. The van der Waals surface area contributed by atoms with Gasteiger partial charge in [-0.1, -0.05) is 6.07 Å². The molecule has 8 heteroatoms. The number of halogens is 3. The van der Waals surface area contributed by atoms with Crippen LogP contribution in [0.5, 0.6) is 0 Å². The number of pyridine rings is 1. The third-order valence-electron chi connectivity index (χ3n) is 3.23. The maximum Gasteiger partial charge on any atom is 0.433 e. The van der Waals surface area contributed by atoms with Crippen LogP contribution in [0.1, 0.15) is 29.2 Å². The molecule has 2 aromatic rings. The van der Waals surface area contributed by atoms with Crippen molar-refractivity contribution in [1.82, 2.24) is 20.3 Å². The Hall–Kier alpha value is -2.51. The molecular weight excluding hydrogens is 321 g/mol. The fraction of sp³-hybridized carbons (Fsp3) is 0.375. The van der Waals surface area contributed by atoms with E-state index in [0.29, 0.717) is 6.42 Å². The van der Waals surface area contributed by atoms with Crippen LogP contribution in [0.3, 0.4) is 0 Å². The number of nitrogens with zero attached hydrogens (tertiary/aromatic N) is 3. The Morgan fingerprint density at radius 3 is 2.71 bits per heavy atom. The van der Waals surface area contributed by atoms with Crippen LogP contribution in [-0.2, 0) is 23.8 Å². The van der Waals surface area contributed by atoms with Gasteiger partial charge >= 0.3 is 6.18 Å². The lowest BCUT2D eigenvalue weighted by Crippen LogP contribution is -2.26. The summed E-state index contributed by atoms with van der Waals surface area (Å²) < 4.78 is 38.1. The highest BCUT2D eigenvalue weighted by atomic mass is 19.4. The zero-order valence-corrected chi connectivity index (χ0v) is 13.1. The minimum Gasteiger partial charge on any atom is -0.356 e. The van der Waals surface area contributed by atoms with Crippen molar-refractivity contribution in [2.75, 3.05) is 6.54 Å². The first-order chi connectivity index (χ1) is 11.3. The summed E-state index contributed by atoms with van der Waals surface area (Å²) in [4.78, 5) is 23.2. The molecule has 5 nitrogen and oxygen atoms in total. The smallest absolute Gasteiger partial charge is 0.356 e. The molecular formula is C16H17F3N4O. The van der Waals surface area contributed by atoms with Crippen molar-refractivity contribution < 1.29 is 18.0 Å². The summed E-state index contributed by atoms with van der Waals surface area (Å²) in [5.74, 6) is -0.113. The zero-order chi connectivity index (χ0) is 17.6. The Morgan fingerprint density at radius 2 is 2.04 bits per heavy atom. The van der Waals surface area contributed by atoms with E-state index in [9.17, 15) is 18.0 Å². The second kappa shape index (κ2) is 7.85. The lowest BCUT2D eigenvalue weighted by molar-refractivity contribution is -0.141. The summed E-state index contributed by atoms with van der Waals surface area (Å²) in [5, 5.41) is 2.66. The molecule has 0 bridgehead atoms. The number of aromatic nitrogens is 3. The Morgan fingerprint density at radius 1 is 1.25 bits per heavy atom. The second-order valence-corrected chi connectivity index (χ2v) is 5.27. The van der Waals surface area contributed by atoms with Gasteiger partial charge in [0.15, 0.2) is 0 Å². The van der Waals surface area contributed by atoms with Gasteiger partial charge in [0, 0.05) is 37.5 Å². The van der Waals surface area contributed by atoms with Gasteiger partial charge in [-0.2, -0.15) is 13.2 Å². The second-order valence-electron chi connectivity index (χ2n) is 5.27. The molecule has 0 aliphatic rings. The molecule has 0 atom stereocenters. The third-order valence-corrected chi connectivity index (χ3v) is 3.23. The minimum atomic E-state index is -4.50. The number of carbonyl (C=O) groups excluding carboxylic acids is 1. The topological polar surface area (TPSA) is 67.8 Å². The van der Waals surface area contributed by atoms with E-state index in [1.807, 2.05) is 6.07 Å². The molecule has 0 radical (unpaired) electrons.